The Balaban J connectivity index is 1.84. The van der Waals surface area contributed by atoms with E-state index in [1.165, 1.54) is 11.3 Å². The molecule has 0 saturated carbocycles. The Morgan fingerprint density at radius 3 is 3.24 bits per heavy atom. The van der Waals surface area contributed by atoms with E-state index in [4.69, 9.17) is 10.5 Å². The van der Waals surface area contributed by atoms with E-state index in [9.17, 15) is 4.79 Å². The number of nitrogens with two attached hydrogens (primary N) is 1. The summed E-state index contributed by atoms with van der Waals surface area (Å²) in [6, 6.07) is -0.102. The number of hydrogen-bond acceptors (Lipinski definition) is 5. The van der Waals surface area contributed by atoms with Gasteiger partial charge in [0, 0.05) is 18.0 Å². The number of nitrogens with zero attached hydrogens (tertiary/aromatic N) is 1. The van der Waals surface area contributed by atoms with Crippen molar-refractivity contribution in [1.82, 2.24) is 4.98 Å². The molecule has 1 aliphatic rings. The van der Waals surface area contributed by atoms with Crippen molar-refractivity contribution in [2.24, 2.45) is 5.73 Å². The first kappa shape index (κ1) is 12.5. The van der Waals surface area contributed by atoms with Crippen LogP contribution in [-0.2, 0) is 9.53 Å². The summed E-state index contributed by atoms with van der Waals surface area (Å²) in [5, 5.41) is 5.26. The van der Waals surface area contributed by atoms with Crippen LogP contribution in [0.5, 0.6) is 0 Å². The fourth-order valence-corrected chi connectivity index (χ4v) is 2.57. The SMILES string of the molecule is CC(N)c1csc(NC(=O)CC2CCCO2)n1. The molecule has 1 aromatic rings. The molecule has 3 N–H and O–H groups in total. The Morgan fingerprint density at radius 2 is 2.65 bits per heavy atom. The van der Waals surface area contributed by atoms with E-state index in [0.29, 0.717) is 11.6 Å². The Hall–Kier alpha value is -0.980. The summed E-state index contributed by atoms with van der Waals surface area (Å²) in [6.45, 7) is 2.64. The molecule has 1 fully saturated rings. The third-order valence-corrected chi connectivity index (χ3v) is 3.45. The van der Waals surface area contributed by atoms with Crippen LogP contribution in [0.25, 0.3) is 0 Å². The molecule has 2 rings (SSSR count). The molecule has 2 atom stereocenters. The summed E-state index contributed by atoms with van der Waals surface area (Å²) in [5.74, 6) is -0.0394. The highest BCUT2D eigenvalue weighted by atomic mass is 32.1. The number of carbonyl (C=O) groups excluding carboxylic acids is 1. The molecule has 6 heteroatoms. The van der Waals surface area contributed by atoms with E-state index in [-0.39, 0.29) is 18.1 Å². The Labute approximate surface area is 104 Å². The number of hydrogen-bond donors (Lipinski definition) is 2. The van der Waals surface area contributed by atoms with Gasteiger partial charge in [0.15, 0.2) is 5.13 Å². The first-order chi connectivity index (χ1) is 8.15. The number of carbonyl (C=O) groups is 1. The monoisotopic (exact) mass is 255 g/mol. The Morgan fingerprint density at radius 1 is 1.82 bits per heavy atom. The second-order valence-corrected chi connectivity index (χ2v) is 5.11. The molecule has 2 heterocycles. The summed E-state index contributed by atoms with van der Waals surface area (Å²) in [5.41, 5.74) is 6.51. The molecule has 2 unspecified atom stereocenters. The highest BCUT2D eigenvalue weighted by Gasteiger charge is 2.19. The molecule has 0 bridgehead atoms. The van der Waals surface area contributed by atoms with Crippen molar-refractivity contribution >= 4 is 22.4 Å². The summed E-state index contributed by atoms with van der Waals surface area (Å²) in [4.78, 5) is 15.9. The molecule has 5 nitrogen and oxygen atoms in total. The molecule has 1 saturated heterocycles. The third kappa shape index (κ3) is 3.49. The largest absolute Gasteiger partial charge is 0.378 e. The minimum atomic E-state index is -0.102. The van der Waals surface area contributed by atoms with Crippen molar-refractivity contribution in [2.45, 2.75) is 38.3 Å². The zero-order valence-corrected chi connectivity index (χ0v) is 10.6. The number of aromatic nitrogens is 1. The quantitative estimate of drug-likeness (QED) is 0.858. The lowest BCUT2D eigenvalue weighted by Gasteiger charge is -2.07. The van der Waals surface area contributed by atoms with Crippen molar-refractivity contribution in [3.05, 3.63) is 11.1 Å². The highest BCUT2D eigenvalue weighted by molar-refractivity contribution is 7.13. The van der Waals surface area contributed by atoms with Gasteiger partial charge in [0.1, 0.15) is 0 Å². The first-order valence-corrected chi connectivity index (χ1v) is 6.65. The van der Waals surface area contributed by atoms with Crippen molar-refractivity contribution in [2.75, 3.05) is 11.9 Å². The van der Waals surface area contributed by atoms with Gasteiger partial charge in [-0.05, 0) is 19.8 Å². The van der Waals surface area contributed by atoms with Gasteiger partial charge in [-0.3, -0.25) is 4.79 Å². The van der Waals surface area contributed by atoms with E-state index in [1.54, 1.807) is 0 Å². The predicted octanol–water partition coefficient (Wildman–Crippen LogP) is 1.67. The first-order valence-electron chi connectivity index (χ1n) is 5.77. The van der Waals surface area contributed by atoms with Gasteiger partial charge in [-0.25, -0.2) is 4.98 Å². The maximum absolute atomic E-state index is 11.7. The van der Waals surface area contributed by atoms with Crippen LogP contribution < -0.4 is 11.1 Å². The lowest BCUT2D eigenvalue weighted by atomic mass is 10.2. The predicted molar refractivity (Wildman–Crippen MR) is 66.9 cm³/mol. The van der Waals surface area contributed by atoms with Gasteiger partial charge in [0.05, 0.1) is 18.2 Å². The summed E-state index contributed by atoms with van der Waals surface area (Å²) in [6.07, 6.45) is 2.50. The average Bonchev–Trinajstić information content (AvgIpc) is 2.88. The minimum absolute atomic E-state index is 0.0394. The summed E-state index contributed by atoms with van der Waals surface area (Å²) >= 11 is 1.40. The van der Waals surface area contributed by atoms with E-state index >= 15 is 0 Å². The van der Waals surface area contributed by atoms with Crippen molar-refractivity contribution < 1.29 is 9.53 Å². The zero-order chi connectivity index (χ0) is 12.3. The Bertz CT molecular complexity index is 386. The molecule has 1 aromatic heterocycles. The lowest BCUT2D eigenvalue weighted by Crippen LogP contribution is -2.19. The fraction of sp³-hybridized carbons (Fsp3) is 0.636. The van der Waals surface area contributed by atoms with E-state index in [2.05, 4.69) is 10.3 Å². The van der Waals surface area contributed by atoms with Crippen LogP contribution in [0, 0.1) is 0 Å². The van der Waals surface area contributed by atoms with Crippen LogP contribution in [0.1, 0.15) is 37.9 Å². The van der Waals surface area contributed by atoms with Crippen molar-refractivity contribution in [3.8, 4) is 0 Å². The van der Waals surface area contributed by atoms with Crippen molar-refractivity contribution in [3.63, 3.8) is 0 Å². The van der Waals surface area contributed by atoms with Gasteiger partial charge in [0.2, 0.25) is 5.91 Å². The van der Waals surface area contributed by atoms with Crippen LogP contribution in [0.4, 0.5) is 5.13 Å². The van der Waals surface area contributed by atoms with Gasteiger partial charge >= 0.3 is 0 Å². The molecule has 0 aromatic carbocycles. The zero-order valence-electron chi connectivity index (χ0n) is 9.81. The number of thiazole rings is 1. The maximum atomic E-state index is 11.7. The van der Waals surface area contributed by atoms with Crippen LogP contribution >= 0.6 is 11.3 Å². The molecule has 1 aliphatic heterocycles. The molecule has 94 valence electrons. The number of anilines is 1. The number of nitrogens with one attached hydrogen (secondary N) is 1. The van der Waals surface area contributed by atoms with Crippen LogP contribution in [0.3, 0.4) is 0 Å². The van der Waals surface area contributed by atoms with Crippen molar-refractivity contribution in [1.29, 1.82) is 0 Å². The molecular weight excluding hydrogens is 238 g/mol. The number of ether oxygens (including phenoxy) is 1. The maximum Gasteiger partial charge on any atom is 0.228 e. The normalized spacial score (nSPS) is 21.4. The second-order valence-electron chi connectivity index (χ2n) is 4.25. The molecular formula is C11H17N3O2S. The lowest BCUT2D eigenvalue weighted by molar-refractivity contribution is -0.118. The number of rotatable bonds is 4. The van der Waals surface area contributed by atoms with Gasteiger partial charge < -0.3 is 15.8 Å². The molecule has 0 aliphatic carbocycles. The molecule has 0 spiro atoms. The van der Waals surface area contributed by atoms with Gasteiger partial charge in [-0.15, -0.1) is 11.3 Å². The molecule has 0 radical (unpaired) electrons. The van der Waals surface area contributed by atoms with Crippen LogP contribution in [-0.4, -0.2) is 23.6 Å². The van der Waals surface area contributed by atoms with Crippen LogP contribution in [0.2, 0.25) is 0 Å². The summed E-state index contributed by atoms with van der Waals surface area (Å²) < 4.78 is 5.41. The van der Waals surface area contributed by atoms with Crippen LogP contribution in [0.15, 0.2) is 5.38 Å². The highest BCUT2D eigenvalue weighted by Crippen LogP contribution is 2.20. The smallest absolute Gasteiger partial charge is 0.228 e. The molecule has 17 heavy (non-hydrogen) atoms. The van der Waals surface area contributed by atoms with Gasteiger partial charge in [-0.1, -0.05) is 0 Å². The van der Waals surface area contributed by atoms with E-state index in [0.717, 1.165) is 25.1 Å². The third-order valence-electron chi connectivity index (χ3n) is 2.67. The summed E-state index contributed by atoms with van der Waals surface area (Å²) in [7, 11) is 0. The van der Waals surface area contributed by atoms with E-state index in [1.807, 2.05) is 12.3 Å². The topological polar surface area (TPSA) is 77.2 Å². The standard InChI is InChI=1S/C11H17N3O2S/c1-7(12)9-6-17-11(13-9)14-10(15)5-8-3-2-4-16-8/h6-8H,2-5,12H2,1H3,(H,13,14,15). The second kappa shape index (κ2) is 5.57. The minimum Gasteiger partial charge on any atom is -0.378 e. The fourth-order valence-electron chi connectivity index (χ4n) is 1.74. The van der Waals surface area contributed by atoms with Gasteiger partial charge in [-0.2, -0.15) is 0 Å². The molecule has 1 amide bonds. The average molecular weight is 255 g/mol. The van der Waals surface area contributed by atoms with Gasteiger partial charge in [0.25, 0.3) is 0 Å². The van der Waals surface area contributed by atoms with E-state index < -0.39 is 0 Å². The number of amides is 1. The Kier molecular flexibility index (Phi) is 4.09.